The largest absolute Gasteiger partial charge is 0.497 e. The number of aliphatic hydroxyl groups excluding tert-OH is 1. The Kier molecular flexibility index (Phi) is 6.25. The summed E-state index contributed by atoms with van der Waals surface area (Å²) in [5.74, 6) is 0.819. The van der Waals surface area contributed by atoms with Crippen LogP contribution in [0.4, 0.5) is 0 Å². The predicted molar refractivity (Wildman–Crippen MR) is 101 cm³/mol. The van der Waals surface area contributed by atoms with Gasteiger partial charge in [-0.05, 0) is 48.1 Å². The molecule has 138 valence electrons. The molecule has 0 radical (unpaired) electrons. The van der Waals surface area contributed by atoms with E-state index in [2.05, 4.69) is 18.9 Å². The Labute approximate surface area is 150 Å². The van der Waals surface area contributed by atoms with E-state index < -0.39 is 6.10 Å². The lowest BCUT2D eigenvalue weighted by Gasteiger charge is -2.33. The lowest BCUT2D eigenvalue weighted by atomic mass is 9.80. The predicted octanol–water partition coefficient (Wildman–Crippen LogP) is 3.24. The molecule has 0 heterocycles. The van der Waals surface area contributed by atoms with E-state index in [4.69, 9.17) is 9.47 Å². The van der Waals surface area contributed by atoms with Gasteiger partial charge in [0.1, 0.15) is 11.9 Å². The fraction of sp³-hybridized carbons (Fsp3) is 0.550. The SMILES string of the molecule is COc1ccc(COC2C=C(C)C(=NN(C)C)CC(C)(C)C2O)cc1. The van der Waals surface area contributed by atoms with Crippen LogP contribution in [-0.4, -0.2) is 49.2 Å². The summed E-state index contributed by atoms with van der Waals surface area (Å²) in [6.07, 6.45) is 1.73. The van der Waals surface area contributed by atoms with Gasteiger partial charge in [0.2, 0.25) is 0 Å². The maximum absolute atomic E-state index is 10.8. The minimum Gasteiger partial charge on any atom is -0.497 e. The number of aliphatic hydroxyl groups is 1. The first-order valence-corrected chi connectivity index (χ1v) is 8.59. The summed E-state index contributed by atoms with van der Waals surface area (Å²) in [6, 6.07) is 7.77. The fourth-order valence-corrected chi connectivity index (χ4v) is 2.96. The topological polar surface area (TPSA) is 54.3 Å². The third-order valence-corrected chi connectivity index (χ3v) is 4.53. The van der Waals surface area contributed by atoms with Gasteiger partial charge in [-0.3, -0.25) is 0 Å². The molecule has 5 heteroatoms. The van der Waals surface area contributed by atoms with Crippen molar-refractivity contribution in [3.05, 3.63) is 41.5 Å². The number of hydrogen-bond donors (Lipinski definition) is 1. The smallest absolute Gasteiger partial charge is 0.118 e. The summed E-state index contributed by atoms with van der Waals surface area (Å²) >= 11 is 0. The molecule has 0 bridgehead atoms. The molecule has 5 nitrogen and oxygen atoms in total. The van der Waals surface area contributed by atoms with Crippen LogP contribution < -0.4 is 4.74 Å². The molecule has 1 aliphatic carbocycles. The summed E-state index contributed by atoms with van der Waals surface area (Å²) < 4.78 is 11.2. The molecule has 0 saturated heterocycles. The number of benzene rings is 1. The van der Waals surface area contributed by atoms with Crippen LogP contribution in [0.5, 0.6) is 5.75 Å². The number of nitrogens with zero attached hydrogens (tertiary/aromatic N) is 2. The normalized spacial score (nSPS) is 24.6. The quantitative estimate of drug-likeness (QED) is 0.832. The number of ether oxygens (including phenoxy) is 2. The zero-order valence-corrected chi connectivity index (χ0v) is 16.1. The summed E-state index contributed by atoms with van der Waals surface area (Å²) in [5.41, 5.74) is 2.76. The molecule has 0 spiro atoms. The molecule has 0 aliphatic heterocycles. The Morgan fingerprint density at radius 1 is 1.24 bits per heavy atom. The van der Waals surface area contributed by atoms with Gasteiger partial charge in [-0.1, -0.05) is 26.0 Å². The zero-order chi connectivity index (χ0) is 18.6. The van der Waals surface area contributed by atoms with Crippen molar-refractivity contribution in [2.75, 3.05) is 21.2 Å². The van der Waals surface area contributed by atoms with Crippen molar-refractivity contribution >= 4 is 5.71 Å². The van der Waals surface area contributed by atoms with E-state index in [1.165, 1.54) is 0 Å². The number of methoxy groups -OCH3 is 1. The van der Waals surface area contributed by atoms with E-state index in [-0.39, 0.29) is 11.5 Å². The highest BCUT2D eigenvalue weighted by Gasteiger charge is 2.38. The van der Waals surface area contributed by atoms with Crippen LogP contribution in [0.15, 0.2) is 41.0 Å². The molecule has 0 aromatic heterocycles. The molecular weight excluding hydrogens is 316 g/mol. The van der Waals surface area contributed by atoms with Gasteiger partial charge in [-0.25, -0.2) is 0 Å². The van der Waals surface area contributed by atoms with E-state index in [0.717, 1.165) is 22.6 Å². The number of allylic oxidation sites excluding steroid dienone is 1. The maximum Gasteiger partial charge on any atom is 0.118 e. The van der Waals surface area contributed by atoms with Crippen LogP contribution in [0, 0.1) is 5.41 Å². The summed E-state index contributed by atoms with van der Waals surface area (Å²) in [4.78, 5) is 0. The minimum absolute atomic E-state index is 0.326. The summed E-state index contributed by atoms with van der Waals surface area (Å²) in [7, 11) is 5.47. The van der Waals surface area contributed by atoms with E-state index >= 15 is 0 Å². The van der Waals surface area contributed by atoms with Crippen molar-refractivity contribution in [1.82, 2.24) is 5.01 Å². The second-order valence-electron chi connectivity index (χ2n) is 7.48. The van der Waals surface area contributed by atoms with E-state index in [0.29, 0.717) is 13.0 Å². The average molecular weight is 346 g/mol. The second-order valence-corrected chi connectivity index (χ2v) is 7.48. The Morgan fingerprint density at radius 2 is 1.88 bits per heavy atom. The lowest BCUT2D eigenvalue weighted by molar-refractivity contribution is -0.0674. The third kappa shape index (κ3) is 5.06. The molecule has 1 aromatic rings. The number of hydrazone groups is 1. The van der Waals surface area contributed by atoms with E-state index in [1.54, 1.807) is 12.1 Å². The van der Waals surface area contributed by atoms with Crippen molar-refractivity contribution in [3.63, 3.8) is 0 Å². The molecule has 0 amide bonds. The van der Waals surface area contributed by atoms with Gasteiger partial charge >= 0.3 is 0 Å². The molecule has 1 aromatic carbocycles. The maximum atomic E-state index is 10.8. The van der Waals surface area contributed by atoms with Crippen molar-refractivity contribution < 1.29 is 14.6 Å². The molecular formula is C20H30N2O3. The molecule has 25 heavy (non-hydrogen) atoms. The first kappa shape index (κ1) is 19.5. The Bertz CT molecular complexity index is 633. The monoisotopic (exact) mass is 346 g/mol. The Morgan fingerprint density at radius 3 is 2.44 bits per heavy atom. The van der Waals surface area contributed by atoms with Gasteiger partial charge in [0.05, 0.1) is 25.5 Å². The second kappa shape index (κ2) is 8.02. The lowest BCUT2D eigenvalue weighted by Crippen LogP contribution is -2.39. The molecule has 1 N–H and O–H groups in total. The van der Waals surface area contributed by atoms with Crippen molar-refractivity contribution in [2.24, 2.45) is 10.5 Å². The van der Waals surface area contributed by atoms with Gasteiger partial charge in [-0.2, -0.15) is 5.10 Å². The average Bonchev–Trinajstić information content (AvgIpc) is 2.63. The number of rotatable bonds is 5. The zero-order valence-electron chi connectivity index (χ0n) is 16.1. The third-order valence-electron chi connectivity index (χ3n) is 4.53. The van der Waals surface area contributed by atoms with Crippen molar-refractivity contribution in [1.29, 1.82) is 0 Å². The Hall–Kier alpha value is -1.85. The molecule has 0 saturated carbocycles. The van der Waals surface area contributed by atoms with E-state index in [9.17, 15) is 5.11 Å². The molecule has 2 rings (SSSR count). The highest BCUT2D eigenvalue weighted by molar-refractivity contribution is 6.00. The van der Waals surface area contributed by atoms with Gasteiger partial charge in [0.25, 0.3) is 0 Å². The Balaban J connectivity index is 2.17. The molecule has 2 unspecified atom stereocenters. The summed E-state index contributed by atoms with van der Waals surface area (Å²) in [6.45, 7) is 6.57. The van der Waals surface area contributed by atoms with Crippen LogP contribution in [0.25, 0.3) is 0 Å². The van der Waals surface area contributed by atoms with Crippen LogP contribution in [0.3, 0.4) is 0 Å². The van der Waals surface area contributed by atoms with Crippen molar-refractivity contribution in [2.45, 2.75) is 46.0 Å². The summed E-state index contributed by atoms with van der Waals surface area (Å²) in [5, 5.41) is 17.2. The fourth-order valence-electron chi connectivity index (χ4n) is 2.96. The van der Waals surface area contributed by atoms with Crippen LogP contribution in [-0.2, 0) is 11.3 Å². The van der Waals surface area contributed by atoms with Gasteiger partial charge < -0.3 is 19.6 Å². The van der Waals surface area contributed by atoms with E-state index in [1.807, 2.05) is 51.4 Å². The molecule has 2 atom stereocenters. The van der Waals surface area contributed by atoms with Crippen LogP contribution >= 0.6 is 0 Å². The van der Waals surface area contributed by atoms with Gasteiger partial charge in [0.15, 0.2) is 0 Å². The van der Waals surface area contributed by atoms with Crippen molar-refractivity contribution in [3.8, 4) is 5.75 Å². The molecule has 0 fully saturated rings. The highest BCUT2D eigenvalue weighted by atomic mass is 16.5. The van der Waals surface area contributed by atoms with Crippen LogP contribution in [0.1, 0.15) is 32.8 Å². The number of hydrogen-bond acceptors (Lipinski definition) is 5. The van der Waals surface area contributed by atoms with Gasteiger partial charge in [-0.15, -0.1) is 0 Å². The first-order valence-electron chi connectivity index (χ1n) is 8.59. The standard InChI is InChI=1S/C20H30N2O3/c1-14-11-18(25-13-15-7-9-16(24-6)10-8-15)19(23)20(2,3)12-17(14)21-22(4)5/h7-11,18-19,23H,12-13H2,1-6H3. The van der Waals surface area contributed by atoms with Gasteiger partial charge in [0, 0.05) is 14.1 Å². The minimum atomic E-state index is -0.601. The molecule has 1 aliphatic rings. The first-order chi connectivity index (χ1) is 11.7. The van der Waals surface area contributed by atoms with Crippen LogP contribution in [0.2, 0.25) is 0 Å². The highest BCUT2D eigenvalue weighted by Crippen LogP contribution is 2.34.